The quantitative estimate of drug-likeness (QED) is 0.405. The predicted octanol–water partition coefficient (Wildman–Crippen LogP) is 4.52. The number of benzene rings is 2. The molecule has 0 aliphatic heterocycles. The normalized spacial score (nSPS) is 11.3. The van der Waals surface area contributed by atoms with E-state index in [1.165, 1.54) is 30.1 Å². The Hall–Kier alpha value is -4.38. The topological polar surface area (TPSA) is 90.2 Å². The molecular weight excluding hydrogens is 463 g/mol. The largest absolute Gasteiger partial charge is 0.416 e. The molecule has 2 amide bonds. The first kappa shape index (κ1) is 23.8. The number of nitrogens with zero attached hydrogens (tertiary/aromatic N) is 3. The molecule has 0 saturated carbocycles. The standard InChI is InChI=1S/C24H20F3N5O3/c1-35-15-21(33)29-17-7-9-18(10-8-17)30-22(34)20-14-28-32(23(20)31-11-2-3-12-31)19-6-4-5-16(13-19)24(25,26)27/h2-14H,15H2,1H3,(H,29,33)(H,30,34). The molecule has 11 heteroatoms. The van der Waals surface area contributed by atoms with Crippen LogP contribution in [-0.4, -0.2) is 39.9 Å². The number of hydrogen-bond donors (Lipinski definition) is 2. The van der Waals surface area contributed by atoms with Crippen LogP contribution in [0.4, 0.5) is 24.5 Å². The van der Waals surface area contributed by atoms with E-state index in [4.69, 9.17) is 4.74 Å². The minimum Gasteiger partial charge on any atom is -0.375 e. The van der Waals surface area contributed by atoms with Crippen molar-refractivity contribution in [1.82, 2.24) is 14.3 Å². The Labute approximate surface area is 197 Å². The molecule has 4 aromatic rings. The van der Waals surface area contributed by atoms with E-state index in [9.17, 15) is 22.8 Å². The van der Waals surface area contributed by atoms with Gasteiger partial charge in [0, 0.05) is 30.9 Å². The number of ether oxygens (including phenoxy) is 1. The van der Waals surface area contributed by atoms with Crippen LogP contribution in [0, 0.1) is 0 Å². The third-order valence-electron chi connectivity index (χ3n) is 4.96. The summed E-state index contributed by atoms with van der Waals surface area (Å²) in [5, 5.41) is 9.59. The van der Waals surface area contributed by atoms with Crippen molar-refractivity contribution in [2.24, 2.45) is 0 Å². The number of amides is 2. The first-order valence-corrected chi connectivity index (χ1v) is 10.4. The number of carbonyl (C=O) groups is 2. The van der Waals surface area contributed by atoms with Crippen LogP contribution in [0.2, 0.25) is 0 Å². The molecule has 0 saturated heterocycles. The average Bonchev–Trinajstić information content (AvgIpc) is 3.50. The van der Waals surface area contributed by atoms with Gasteiger partial charge in [-0.1, -0.05) is 6.07 Å². The van der Waals surface area contributed by atoms with Crippen LogP contribution >= 0.6 is 0 Å². The Morgan fingerprint density at radius 3 is 2.26 bits per heavy atom. The first-order valence-electron chi connectivity index (χ1n) is 10.4. The van der Waals surface area contributed by atoms with Crippen LogP contribution in [0.25, 0.3) is 11.5 Å². The summed E-state index contributed by atoms with van der Waals surface area (Å²) in [7, 11) is 1.41. The maximum atomic E-state index is 13.2. The summed E-state index contributed by atoms with van der Waals surface area (Å²) in [6, 6.07) is 14.6. The lowest BCUT2D eigenvalue weighted by atomic mass is 10.2. The fourth-order valence-corrected chi connectivity index (χ4v) is 3.39. The molecule has 2 N–H and O–H groups in total. The Bertz CT molecular complexity index is 1330. The Morgan fingerprint density at radius 1 is 0.971 bits per heavy atom. The van der Waals surface area contributed by atoms with E-state index >= 15 is 0 Å². The van der Waals surface area contributed by atoms with E-state index in [0.29, 0.717) is 11.4 Å². The molecule has 0 spiro atoms. The maximum Gasteiger partial charge on any atom is 0.416 e. The Kier molecular flexibility index (Phi) is 6.69. The Morgan fingerprint density at radius 2 is 1.63 bits per heavy atom. The minimum absolute atomic E-state index is 0.0868. The van der Waals surface area contributed by atoms with Crippen LogP contribution in [0.5, 0.6) is 0 Å². The number of methoxy groups -OCH3 is 1. The highest BCUT2D eigenvalue weighted by atomic mass is 19.4. The lowest BCUT2D eigenvalue weighted by Crippen LogP contribution is -2.17. The second kappa shape index (κ2) is 9.85. The van der Waals surface area contributed by atoms with Crippen LogP contribution in [0.15, 0.2) is 79.3 Å². The van der Waals surface area contributed by atoms with Crippen molar-refractivity contribution in [2.45, 2.75) is 6.18 Å². The predicted molar refractivity (Wildman–Crippen MR) is 123 cm³/mol. The highest BCUT2D eigenvalue weighted by molar-refractivity contribution is 6.06. The number of aromatic nitrogens is 3. The molecule has 8 nitrogen and oxygen atoms in total. The number of anilines is 2. The van der Waals surface area contributed by atoms with Gasteiger partial charge in [-0.05, 0) is 54.6 Å². The van der Waals surface area contributed by atoms with Gasteiger partial charge in [0.1, 0.15) is 12.2 Å². The van der Waals surface area contributed by atoms with Gasteiger partial charge in [-0.3, -0.25) is 9.59 Å². The monoisotopic (exact) mass is 483 g/mol. The molecule has 0 bridgehead atoms. The molecule has 2 aromatic carbocycles. The smallest absolute Gasteiger partial charge is 0.375 e. The zero-order chi connectivity index (χ0) is 25.0. The molecule has 0 radical (unpaired) electrons. The summed E-state index contributed by atoms with van der Waals surface area (Å²) in [6.07, 6.45) is 0.0984. The third-order valence-corrected chi connectivity index (χ3v) is 4.96. The molecule has 2 heterocycles. The summed E-state index contributed by atoms with van der Waals surface area (Å²) in [5.74, 6) is -0.555. The summed E-state index contributed by atoms with van der Waals surface area (Å²) < 4.78 is 47.4. The van der Waals surface area contributed by atoms with E-state index < -0.39 is 17.6 Å². The van der Waals surface area contributed by atoms with Crippen molar-refractivity contribution in [3.05, 3.63) is 90.4 Å². The third kappa shape index (κ3) is 5.41. The van der Waals surface area contributed by atoms with E-state index in [-0.39, 0.29) is 29.6 Å². The molecular formula is C24H20F3N5O3. The van der Waals surface area contributed by atoms with Crippen molar-refractivity contribution in [2.75, 3.05) is 24.4 Å². The minimum atomic E-state index is -4.52. The molecule has 2 aromatic heterocycles. The summed E-state index contributed by atoms with van der Waals surface area (Å²) in [5.41, 5.74) is 0.447. The second-order valence-electron chi connectivity index (χ2n) is 7.44. The van der Waals surface area contributed by atoms with Crippen molar-refractivity contribution >= 4 is 23.2 Å². The van der Waals surface area contributed by atoms with Crippen molar-refractivity contribution in [1.29, 1.82) is 0 Å². The number of nitrogens with one attached hydrogen (secondary N) is 2. The van der Waals surface area contributed by atoms with Gasteiger partial charge in [0.05, 0.1) is 17.4 Å². The zero-order valence-electron chi connectivity index (χ0n) is 18.4. The van der Waals surface area contributed by atoms with E-state index in [1.54, 1.807) is 53.4 Å². The van der Waals surface area contributed by atoms with E-state index in [1.807, 2.05) is 0 Å². The lowest BCUT2D eigenvalue weighted by molar-refractivity contribution is -0.137. The van der Waals surface area contributed by atoms with Gasteiger partial charge in [-0.2, -0.15) is 18.3 Å². The average molecular weight is 483 g/mol. The van der Waals surface area contributed by atoms with Gasteiger partial charge < -0.3 is 19.9 Å². The zero-order valence-corrected chi connectivity index (χ0v) is 18.4. The second-order valence-corrected chi connectivity index (χ2v) is 7.44. The van der Waals surface area contributed by atoms with Crippen LogP contribution in [-0.2, 0) is 15.7 Å². The summed E-state index contributed by atoms with van der Waals surface area (Å²) >= 11 is 0. The number of alkyl halides is 3. The number of hydrogen-bond acceptors (Lipinski definition) is 4. The Balaban J connectivity index is 1.63. The van der Waals surface area contributed by atoms with Gasteiger partial charge in [0.2, 0.25) is 5.91 Å². The molecule has 0 aliphatic carbocycles. The maximum absolute atomic E-state index is 13.2. The number of halogens is 3. The van der Waals surface area contributed by atoms with E-state index in [0.717, 1.165) is 12.1 Å². The lowest BCUT2D eigenvalue weighted by Gasteiger charge is -2.13. The van der Waals surface area contributed by atoms with Crippen LogP contribution in [0.3, 0.4) is 0 Å². The first-order chi connectivity index (χ1) is 16.8. The molecule has 0 aliphatic rings. The number of rotatable bonds is 7. The fourth-order valence-electron chi connectivity index (χ4n) is 3.39. The molecule has 180 valence electrons. The summed E-state index contributed by atoms with van der Waals surface area (Å²) in [6.45, 7) is -0.0868. The van der Waals surface area contributed by atoms with Gasteiger partial charge in [0.25, 0.3) is 5.91 Å². The molecule has 35 heavy (non-hydrogen) atoms. The molecule has 0 fully saturated rings. The fraction of sp³-hybridized carbons (Fsp3) is 0.125. The van der Waals surface area contributed by atoms with Crippen molar-refractivity contribution in [3.8, 4) is 11.5 Å². The van der Waals surface area contributed by atoms with Gasteiger partial charge in [-0.25, -0.2) is 4.68 Å². The molecule has 0 unspecified atom stereocenters. The van der Waals surface area contributed by atoms with Gasteiger partial charge in [0.15, 0.2) is 5.82 Å². The SMILES string of the molecule is COCC(=O)Nc1ccc(NC(=O)c2cnn(-c3cccc(C(F)(F)F)c3)c2-n2cccc2)cc1. The van der Waals surface area contributed by atoms with Crippen molar-refractivity contribution < 1.29 is 27.5 Å². The van der Waals surface area contributed by atoms with E-state index in [2.05, 4.69) is 15.7 Å². The van der Waals surface area contributed by atoms with Crippen molar-refractivity contribution in [3.63, 3.8) is 0 Å². The van der Waals surface area contributed by atoms with Crippen LogP contribution in [0.1, 0.15) is 15.9 Å². The molecule has 0 atom stereocenters. The summed E-state index contributed by atoms with van der Waals surface area (Å²) in [4.78, 5) is 24.7. The highest BCUT2D eigenvalue weighted by Gasteiger charge is 2.31. The van der Waals surface area contributed by atoms with Gasteiger partial charge in [-0.15, -0.1) is 0 Å². The van der Waals surface area contributed by atoms with Gasteiger partial charge >= 0.3 is 6.18 Å². The van der Waals surface area contributed by atoms with Crippen LogP contribution < -0.4 is 10.6 Å². The highest BCUT2D eigenvalue weighted by Crippen LogP contribution is 2.31. The molecule has 4 rings (SSSR count). The number of carbonyl (C=O) groups excluding carboxylic acids is 2.